The highest BCUT2D eigenvalue weighted by Gasteiger charge is 2.26. The van der Waals surface area contributed by atoms with E-state index in [1.54, 1.807) is 0 Å². The van der Waals surface area contributed by atoms with Gasteiger partial charge in [0.15, 0.2) is 11.8 Å². The van der Waals surface area contributed by atoms with Crippen molar-refractivity contribution in [2.75, 3.05) is 26.2 Å². The van der Waals surface area contributed by atoms with Crippen LogP contribution in [0.25, 0.3) is 0 Å². The van der Waals surface area contributed by atoms with E-state index in [2.05, 4.69) is 25.7 Å². The molecule has 3 heterocycles. The first-order chi connectivity index (χ1) is 14.7. The van der Waals surface area contributed by atoms with Crippen molar-refractivity contribution in [3.8, 4) is 0 Å². The van der Waals surface area contributed by atoms with Gasteiger partial charge in [-0.1, -0.05) is 19.3 Å². The lowest BCUT2D eigenvalue weighted by molar-refractivity contribution is 0.112. The molecular formula is C22H39N7O. The minimum atomic E-state index is 0.294. The van der Waals surface area contributed by atoms with Gasteiger partial charge in [-0.15, -0.1) is 10.2 Å². The zero-order valence-electron chi connectivity index (χ0n) is 18.8. The van der Waals surface area contributed by atoms with Gasteiger partial charge in [0.25, 0.3) is 0 Å². The van der Waals surface area contributed by atoms with Gasteiger partial charge in [-0.05, 0) is 45.4 Å². The standard InChI is InChI=1S/C22H39N7O/c1-17-26-27-21(28(17)2)16-24-22(23-15-20-9-6-14-30-20)25-18-10-12-29(13-11-18)19-7-4-3-5-8-19/h18-20H,3-16H2,1-2H3,(H2,23,24,25). The Bertz CT molecular complexity index is 684. The highest BCUT2D eigenvalue weighted by atomic mass is 16.5. The molecule has 2 saturated heterocycles. The molecule has 2 N–H and O–H groups in total. The molecule has 4 rings (SSSR count). The molecule has 168 valence electrons. The van der Waals surface area contributed by atoms with E-state index in [1.165, 1.54) is 58.0 Å². The van der Waals surface area contributed by atoms with Crippen molar-refractivity contribution in [2.45, 2.75) is 89.4 Å². The van der Waals surface area contributed by atoms with Crippen LogP contribution in [0, 0.1) is 6.92 Å². The quantitative estimate of drug-likeness (QED) is 0.545. The van der Waals surface area contributed by atoms with E-state index in [-0.39, 0.29) is 0 Å². The predicted molar refractivity (Wildman–Crippen MR) is 118 cm³/mol. The fraction of sp³-hybridized carbons (Fsp3) is 0.864. The van der Waals surface area contributed by atoms with Gasteiger partial charge in [0.2, 0.25) is 0 Å². The van der Waals surface area contributed by atoms with Crippen molar-refractivity contribution in [2.24, 2.45) is 12.0 Å². The minimum absolute atomic E-state index is 0.294. The lowest BCUT2D eigenvalue weighted by Gasteiger charge is -2.39. The highest BCUT2D eigenvalue weighted by Crippen LogP contribution is 2.25. The first-order valence-electron chi connectivity index (χ1n) is 11.9. The number of aryl methyl sites for hydroxylation is 1. The molecule has 0 spiro atoms. The molecule has 8 nitrogen and oxygen atoms in total. The monoisotopic (exact) mass is 417 g/mol. The van der Waals surface area contributed by atoms with Gasteiger partial charge in [-0.3, -0.25) is 0 Å². The third kappa shape index (κ3) is 5.72. The van der Waals surface area contributed by atoms with Crippen molar-refractivity contribution in [1.82, 2.24) is 30.3 Å². The zero-order valence-corrected chi connectivity index (χ0v) is 18.8. The lowest BCUT2D eigenvalue weighted by atomic mass is 9.92. The first kappa shape index (κ1) is 21.6. The van der Waals surface area contributed by atoms with Gasteiger partial charge in [0, 0.05) is 45.4 Å². The topological polar surface area (TPSA) is 79.6 Å². The van der Waals surface area contributed by atoms with Gasteiger partial charge in [-0.25, -0.2) is 4.99 Å². The molecular weight excluding hydrogens is 378 g/mol. The number of hydrogen-bond donors (Lipinski definition) is 2. The molecule has 0 bridgehead atoms. The molecule has 1 unspecified atom stereocenters. The van der Waals surface area contributed by atoms with E-state index >= 15 is 0 Å². The van der Waals surface area contributed by atoms with Crippen LogP contribution in [0.4, 0.5) is 0 Å². The molecule has 0 radical (unpaired) electrons. The molecule has 30 heavy (non-hydrogen) atoms. The summed E-state index contributed by atoms with van der Waals surface area (Å²) in [4.78, 5) is 7.57. The van der Waals surface area contributed by atoms with Crippen LogP contribution < -0.4 is 10.6 Å². The van der Waals surface area contributed by atoms with Gasteiger partial charge in [0.05, 0.1) is 6.10 Å². The third-order valence-corrected chi connectivity index (χ3v) is 7.04. The Morgan fingerprint density at radius 3 is 2.53 bits per heavy atom. The van der Waals surface area contributed by atoms with Crippen LogP contribution in [0.5, 0.6) is 0 Å². The molecule has 1 saturated carbocycles. The van der Waals surface area contributed by atoms with E-state index in [1.807, 2.05) is 18.5 Å². The summed E-state index contributed by atoms with van der Waals surface area (Å²) in [5, 5.41) is 15.6. The number of nitrogens with zero attached hydrogens (tertiary/aromatic N) is 5. The van der Waals surface area contributed by atoms with E-state index in [0.717, 1.165) is 49.6 Å². The van der Waals surface area contributed by atoms with E-state index in [9.17, 15) is 0 Å². The molecule has 8 heteroatoms. The molecule has 0 amide bonds. The SMILES string of the molecule is Cc1nnc(CN=C(NCC2CCCO2)NC2CCN(C3CCCCC3)CC2)n1C. The minimum Gasteiger partial charge on any atom is -0.376 e. The third-order valence-electron chi connectivity index (χ3n) is 7.04. The van der Waals surface area contributed by atoms with Crippen LogP contribution in [0.2, 0.25) is 0 Å². The maximum absolute atomic E-state index is 5.78. The maximum atomic E-state index is 5.78. The van der Waals surface area contributed by atoms with Crippen LogP contribution in [0.3, 0.4) is 0 Å². The Kier molecular flexibility index (Phi) is 7.60. The molecule has 3 aliphatic rings. The summed E-state index contributed by atoms with van der Waals surface area (Å²) in [6.07, 6.45) is 12.0. The fourth-order valence-electron chi connectivity index (χ4n) is 4.96. The van der Waals surface area contributed by atoms with Gasteiger partial charge >= 0.3 is 0 Å². The molecule has 1 aromatic rings. The lowest BCUT2D eigenvalue weighted by Crippen LogP contribution is -2.51. The molecule has 2 aliphatic heterocycles. The smallest absolute Gasteiger partial charge is 0.192 e. The number of guanidine groups is 1. The van der Waals surface area contributed by atoms with Crippen LogP contribution in [0.15, 0.2) is 4.99 Å². The van der Waals surface area contributed by atoms with E-state index in [0.29, 0.717) is 18.7 Å². The van der Waals surface area contributed by atoms with Crippen LogP contribution in [0.1, 0.15) is 69.4 Å². The second-order valence-electron chi connectivity index (χ2n) is 9.15. The summed E-state index contributed by atoms with van der Waals surface area (Å²) < 4.78 is 7.79. The van der Waals surface area contributed by atoms with E-state index < -0.39 is 0 Å². The number of aliphatic imine (C=N–C) groups is 1. The zero-order chi connectivity index (χ0) is 20.8. The Morgan fingerprint density at radius 2 is 1.87 bits per heavy atom. The molecule has 1 aromatic heterocycles. The Hall–Kier alpha value is -1.67. The largest absolute Gasteiger partial charge is 0.376 e. The molecule has 0 aromatic carbocycles. The number of piperidine rings is 1. The predicted octanol–water partition coefficient (Wildman–Crippen LogP) is 2.13. The van der Waals surface area contributed by atoms with Crippen molar-refractivity contribution in [1.29, 1.82) is 0 Å². The fourth-order valence-corrected chi connectivity index (χ4v) is 4.96. The second kappa shape index (κ2) is 10.6. The van der Waals surface area contributed by atoms with Gasteiger partial charge < -0.3 is 24.8 Å². The maximum Gasteiger partial charge on any atom is 0.192 e. The molecule has 1 aliphatic carbocycles. The number of rotatable bonds is 6. The van der Waals surface area contributed by atoms with Gasteiger partial charge in [0.1, 0.15) is 12.4 Å². The summed E-state index contributed by atoms with van der Waals surface area (Å²) in [6.45, 7) is 6.58. The summed E-state index contributed by atoms with van der Waals surface area (Å²) in [6, 6.07) is 1.30. The average molecular weight is 418 g/mol. The summed E-state index contributed by atoms with van der Waals surface area (Å²) in [5.74, 6) is 2.68. The van der Waals surface area contributed by atoms with Crippen LogP contribution in [-0.4, -0.2) is 70.1 Å². The number of nitrogens with one attached hydrogen (secondary N) is 2. The number of aromatic nitrogens is 3. The Labute approximate surface area is 180 Å². The highest BCUT2D eigenvalue weighted by molar-refractivity contribution is 5.80. The van der Waals surface area contributed by atoms with Crippen molar-refractivity contribution in [3.63, 3.8) is 0 Å². The van der Waals surface area contributed by atoms with Gasteiger partial charge in [-0.2, -0.15) is 0 Å². The number of hydrogen-bond acceptors (Lipinski definition) is 5. The summed E-state index contributed by atoms with van der Waals surface area (Å²) >= 11 is 0. The Morgan fingerprint density at radius 1 is 1.07 bits per heavy atom. The van der Waals surface area contributed by atoms with Crippen molar-refractivity contribution < 1.29 is 4.74 Å². The van der Waals surface area contributed by atoms with Crippen molar-refractivity contribution >= 4 is 5.96 Å². The normalized spacial score (nSPS) is 25.0. The molecule has 3 fully saturated rings. The Balaban J connectivity index is 1.31. The summed E-state index contributed by atoms with van der Waals surface area (Å²) in [5.41, 5.74) is 0. The number of ether oxygens (including phenoxy) is 1. The molecule has 1 atom stereocenters. The average Bonchev–Trinajstić information content (AvgIpc) is 3.42. The summed E-state index contributed by atoms with van der Waals surface area (Å²) in [7, 11) is 1.99. The number of likely N-dealkylation sites (tertiary alicyclic amines) is 1. The van der Waals surface area contributed by atoms with Crippen molar-refractivity contribution in [3.05, 3.63) is 11.6 Å². The van der Waals surface area contributed by atoms with Crippen LogP contribution in [-0.2, 0) is 18.3 Å². The van der Waals surface area contributed by atoms with Crippen LogP contribution >= 0.6 is 0 Å². The second-order valence-corrected chi connectivity index (χ2v) is 9.15. The van der Waals surface area contributed by atoms with E-state index in [4.69, 9.17) is 9.73 Å². The first-order valence-corrected chi connectivity index (χ1v) is 11.9.